The Hall–Kier alpha value is -4.40. The van der Waals surface area contributed by atoms with E-state index in [0.717, 1.165) is 16.7 Å². The fourth-order valence-electron chi connectivity index (χ4n) is 4.23. The lowest BCUT2D eigenvalue weighted by atomic mass is 10.1. The number of nitrogen functional groups attached to an aromatic ring is 1. The molecule has 0 radical (unpaired) electrons. The number of hydrogen-bond acceptors (Lipinski definition) is 6. The summed E-state index contributed by atoms with van der Waals surface area (Å²) in [5.41, 5.74) is 9.61. The van der Waals surface area contributed by atoms with Crippen molar-refractivity contribution in [1.82, 2.24) is 15.2 Å². The number of amides is 2. The molecule has 186 valence electrons. The molecule has 0 saturated heterocycles. The van der Waals surface area contributed by atoms with E-state index in [4.69, 9.17) is 5.73 Å². The minimum atomic E-state index is -1.07. The van der Waals surface area contributed by atoms with Gasteiger partial charge in [-0.15, -0.1) is 0 Å². The molecule has 1 aromatic heterocycles. The molecule has 0 saturated carbocycles. The highest BCUT2D eigenvalue weighted by Gasteiger charge is 2.31. The molecule has 1 aliphatic rings. The summed E-state index contributed by atoms with van der Waals surface area (Å²) < 4.78 is 0. The van der Waals surface area contributed by atoms with Crippen molar-refractivity contribution in [1.29, 1.82) is 0 Å². The summed E-state index contributed by atoms with van der Waals surface area (Å²) in [4.78, 5) is 43.1. The molecule has 0 aliphatic carbocycles. The predicted octanol–water partition coefficient (Wildman–Crippen LogP) is 2.48. The molecule has 2 heterocycles. The predicted molar refractivity (Wildman–Crippen MR) is 136 cm³/mol. The number of carbonyl (C=O) groups excluding carboxylic acids is 2. The standard InChI is InChI=1S/C27H29N5O4/c28-24-14-19(8-11-29-24)9-12-30-26(35)20-6-7-21-17-32(13-10-18-4-2-1-3-5-18)27(36)23(16-25(33)34)31-22(21)15-20/h1-8,11,14-15,23,31H,9-10,12-13,16-17H2,(H2,28,29)(H,30,35)(H,33,34)/t23-/m1/s1. The van der Waals surface area contributed by atoms with Gasteiger partial charge in [0.05, 0.1) is 6.42 Å². The van der Waals surface area contributed by atoms with Gasteiger partial charge >= 0.3 is 5.97 Å². The number of aliphatic carboxylic acids is 1. The van der Waals surface area contributed by atoms with E-state index in [0.29, 0.717) is 49.5 Å². The molecular formula is C27H29N5O4. The smallest absolute Gasteiger partial charge is 0.305 e. The maximum absolute atomic E-state index is 13.2. The van der Waals surface area contributed by atoms with Crippen LogP contribution in [0.25, 0.3) is 0 Å². The molecule has 9 heteroatoms. The third kappa shape index (κ3) is 6.38. The average molecular weight is 488 g/mol. The summed E-state index contributed by atoms with van der Waals surface area (Å²) in [7, 11) is 0. The summed E-state index contributed by atoms with van der Waals surface area (Å²) >= 11 is 0. The number of aromatic nitrogens is 1. The van der Waals surface area contributed by atoms with Gasteiger partial charge in [0, 0.05) is 37.1 Å². The van der Waals surface area contributed by atoms with Crippen LogP contribution < -0.4 is 16.4 Å². The maximum atomic E-state index is 13.2. The largest absolute Gasteiger partial charge is 0.481 e. The monoisotopic (exact) mass is 487 g/mol. The van der Waals surface area contributed by atoms with Gasteiger partial charge in [-0.3, -0.25) is 14.4 Å². The van der Waals surface area contributed by atoms with Crippen molar-refractivity contribution in [3.8, 4) is 0 Å². The summed E-state index contributed by atoms with van der Waals surface area (Å²) in [6, 6.07) is 17.7. The zero-order chi connectivity index (χ0) is 25.5. The summed E-state index contributed by atoms with van der Waals surface area (Å²) in [5, 5.41) is 15.4. The lowest BCUT2D eigenvalue weighted by molar-refractivity contribution is -0.141. The molecular weight excluding hydrogens is 458 g/mol. The van der Waals surface area contributed by atoms with Crippen molar-refractivity contribution in [3.05, 3.63) is 89.1 Å². The molecule has 5 N–H and O–H groups in total. The Balaban J connectivity index is 1.47. The zero-order valence-corrected chi connectivity index (χ0v) is 19.8. The second kappa shape index (κ2) is 11.4. The van der Waals surface area contributed by atoms with Crippen LogP contribution in [-0.2, 0) is 29.0 Å². The Kier molecular flexibility index (Phi) is 7.79. The number of fused-ring (bicyclic) bond motifs is 1. The third-order valence-corrected chi connectivity index (χ3v) is 6.11. The van der Waals surface area contributed by atoms with Crippen molar-refractivity contribution >= 4 is 29.3 Å². The van der Waals surface area contributed by atoms with Crippen LogP contribution in [0.3, 0.4) is 0 Å². The van der Waals surface area contributed by atoms with E-state index in [1.165, 1.54) is 0 Å². The zero-order valence-electron chi connectivity index (χ0n) is 19.8. The molecule has 0 bridgehead atoms. The van der Waals surface area contributed by atoms with Crippen LogP contribution in [0.15, 0.2) is 66.9 Å². The first-order valence-corrected chi connectivity index (χ1v) is 11.8. The van der Waals surface area contributed by atoms with E-state index in [-0.39, 0.29) is 18.2 Å². The van der Waals surface area contributed by atoms with Crippen molar-refractivity contribution in [2.45, 2.75) is 31.8 Å². The quantitative estimate of drug-likeness (QED) is 0.364. The second-order valence-electron chi connectivity index (χ2n) is 8.76. The normalized spacial score (nSPS) is 14.9. The Morgan fingerprint density at radius 3 is 2.64 bits per heavy atom. The second-order valence-corrected chi connectivity index (χ2v) is 8.76. The van der Waals surface area contributed by atoms with Gasteiger partial charge in [0.2, 0.25) is 5.91 Å². The van der Waals surface area contributed by atoms with Gasteiger partial charge in [-0.05, 0) is 53.8 Å². The molecule has 0 unspecified atom stereocenters. The molecule has 0 fully saturated rings. The lowest BCUT2D eigenvalue weighted by Crippen LogP contribution is -2.42. The van der Waals surface area contributed by atoms with Crippen LogP contribution in [0.4, 0.5) is 11.5 Å². The highest BCUT2D eigenvalue weighted by atomic mass is 16.4. The third-order valence-electron chi connectivity index (χ3n) is 6.11. The van der Waals surface area contributed by atoms with Crippen LogP contribution in [0.1, 0.15) is 33.5 Å². The molecule has 3 aromatic rings. The lowest BCUT2D eigenvalue weighted by Gasteiger charge is -2.24. The Bertz CT molecular complexity index is 1250. The highest BCUT2D eigenvalue weighted by Crippen LogP contribution is 2.26. The minimum Gasteiger partial charge on any atom is -0.481 e. The molecule has 1 atom stereocenters. The van der Waals surface area contributed by atoms with Gasteiger partial charge in [-0.1, -0.05) is 36.4 Å². The van der Waals surface area contributed by atoms with Crippen LogP contribution in [0, 0.1) is 0 Å². The van der Waals surface area contributed by atoms with Gasteiger partial charge in [0.15, 0.2) is 0 Å². The number of hydrogen-bond donors (Lipinski definition) is 4. The fraction of sp³-hybridized carbons (Fsp3) is 0.259. The number of pyridine rings is 1. The first-order valence-electron chi connectivity index (χ1n) is 11.8. The average Bonchev–Trinajstić information content (AvgIpc) is 2.99. The number of anilines is 2. The fourth-order valence-corrected chi connectivity index (χ4v) is 4.23. The number of nitrogens with zero attached hydrogens (tertiary/aromatic N) is 2. The van der Waals surface area contributed by atoms with Crippen molar-refractivity contribution < 1.29 is 19.5 Å². The molecule has 2 aromatic carbocycles. The Morgan fingerprint density at radius 1 is 1.08 bits per heavy atom. The summed E-state index contributed by atoms with van der Waals surface area (Å²) in [6.45, 7) is 1.21. The molecule has 1 aliphatic heterocycles. The number of rotatable bonds is 9. The molecule has 2 amide bonds. The number of carbonyl (C=O) groups is 3. The van der Waals surface area contributed by atoms with E-state index >= 15 is 0 Å². The van der Waals surface area contributed by atoms with E-state index in [2.05, 4.69) is 15.6 Å². The van der Waals surface area contributed by atoms with Gasteiger partial charge in [-0.2, -0.15) is 0 Å². The van der Waals surface area contributed by atoms with Crippen LogP contribution in [0.5, 0.6) is 0 Å². The van der Waals surface area contributed by atoms with Crippen LogP contribution in [0.2, 0.25) is 0 Å². The Morgan fingerprint density at radius 2 is 1.89 bits per heavy atom. The summed E-state index contributed by atoms with van der Waals surface area (Å²) in [5.74, 6) is -1.17. The number of benzene rings is 2. The topological polar surface area (TPSA) is 138 Å². The van der Waals surface area contributed by atoms with E-state index in [1.54, 1.807) is 29.3 Å². The first kappa shape index (κ1) is 24.7. The molecule has 36 heavy (non-hydrogen) atoms. The van der Waals surface area contributed by atoms with Gasteiger partial charge in [-0.25, -0.2) is 4.98 Å². The van der Waals surface area contributed by atoms with Gasteiger partial charge < -0.3 is 26.4 Å². The number of carboxylic acid groups (broad SMARTS) is 1. The first-order chi connectivity index (χ1) is 17.4. The number of nitrogens with one attached hydrogen (secondary N) is 2. The molecule has 0 spiro atoms. The summed E-state index contributed by atoms with van der Waals surface area (Å²) in [6.07, 6.45) is 2.53. The minimum absolute atomic E-state index is 0.257. The Labute approximate surface area is 209 Å². The molecule has 9 nitrogen and oxygen atoms in total. The van der Waals surface area contributed by atoms with Crippen LogP contribution in [-0.4, -0.2) is 51.9 Å². The van der Waals surface area contributed by atoms with Gasteiger partial charge in [0.25, 0.3) is 5.91 Å². The number of nitrogens with two attached hydrogens (primary N) is 1. The van der Waals surface area contributed by atoms with Crippen molar-refractivity contribution in [3.63, 3.8) is 0 Å². The molecule has 4 rings (SSSR count). The van der Waals surface area contributed by atoms with Crippen molar-refractivity contribution in [2.75, 3.05) is 24.1 Å². The number of carboxylic acids is 1. The maximum Gasteiger partial charge on any atom is 0.305 e. The van der Waals surface area contributed by atoms with E-state index in [1.807, 2.05) is 42.5 Å². The highest BCUT2D eigenvalue weighted by molar-refractivity contribution is 5.96. The SMILES string of the molecule is Nc1cc(CCNC(=O)c2ccc3c(c2)N[C@H](CC(=O)O)C(=O)N(CCc2ccccc2)C3)ccn1. The van der Waals surface area contributed by atoms with E-state index < -0.39 is 12.0 Å². The van der Waals surface area contributed by atoms with E-state index in [9.17, 15) is 19.5 Å². The van der Waals surface area contributed by atoms with Crippen LogP contribution >= 0.6 is 0 Å². The van der Waals surface area contributed by atoms with Gasteiger partial charge in [0.1, 0.15) is 11.9 Å². The van der Waals surface area contributed by atoms with Crippen molar-refractivity contribution in [2.24, 2.45) is 0 Å².